The lowest BCUT2D eigenvalue weighted by atomic mass is 10.1. The van der Waals surface area contributed by atoms with E-state index in [0.717, 1.165) is 27.3 Å². The fourth-order valence-corrected chi connectivity index (χ4v) is 4.38. The molecule has 1 aromatic heterocycles. The molecule has 4 rings (SSSR count). The van der Waals surface area contributed by atoms with E-state index >= 15 is 0 Å². The van der Waals surface area contributed by atoms with Gasteiger partial charge in [0.25, 0.3) is 5.91 Å². The number of hydrogen-bond donors (Lipinski definition) is 1. The first-order valence-electron chi connectivity index (χ1n) is 10.3. The highest BCUT2D eigenvalue weighted by Gasteiger charge is 2.24. The molecule has 1 aliphatic rings. The fourth-order valence-electron chi connectivity index (χ4n) is 3.62. The van der Waals surface area contributed by atoms with E-state index in [1.165, 1.54) is 11.3 Å². The summed E-state index contributed by atoms with van der Waals surface area (Å²) in [6.45, 7) is 6.79. The molecule has 0 aliphatic carbocycles. The first-order chi connectivity index (χ1) is 15.0. The average Bonchev–Trinajstić information content (AvgIpc) is 3.22. The SMILES string of the molecule is Cc1cccc(-c2nnc(NC(=O)CN3CCN(C(=O)c4ccccc4C)CC3)s2)c1. The molecule has 1 N–H and O–H groups in total. The number of aromatic nitrogens is 2. The van der Waals surface area contributed by atoms with Gasteiger partial charge in [-0.3, -0.25) is 19.8 Å². The van der Waals surface area contributed by atoms with E-state index in [1.807, 2.05) is 67.3 Å². The summed E-state index contributed by atoms with van der Waals surface area (Å²) >= 11 is 1.36. The third kappa shape index (κ3) is 5.15. The van der Waals surface area contributed by atoms with E-state index in [1.54, 1.807) is 0 Å². The van der Waals surface area contributed by atoms with E-state index < -0.39 is 0 Å². The first-order valence-corrected chi connectivity index (χ1v) is 11.1. The Morgan fingerprint density at radius 3 is 2.52 bits per heavy atom. The van der Waals surface area contributed by atoms with Gasteiger partial charge in [0.1, 0.15) is 5.01 Å². The Hall–Kier alpha value is -3.10. The summed E-state index contributed by atoms with van der Waals surface area (Å²) in [4.78, 5) is 29.1. The topological polar surface area (TPSA) is 78.4 Å². The number of nitrogens with one attached hydrogen (secondary N) is 1. The molecule has 0 radical (unpaired) electrons. The lowest BCUT2D eigenvalue weighted by Gasteiger charge is -2.34. The molecule has 0 atom stereocenters. The van der Waals surface area contributed by atoms with Crippen LogP contribution in [0.15, 0.2) is 48.5 Å². The van der Waals surface area contributed by atoms with Gasteiger partial charge < -0.3 is 4.90 Å². The monoisotopic (exact) mass is 435 g/mol. The molecular formula is C23H25N5O2S. The molecule has 8 heteroatoms. The van der Waals surface area contributed by atoms with Crippen molar-refractivity contribution in [3.63, 3.8) is 0 Å². The predicted molar refractivity (Wildman–Crippen MR) is 122 cm³/mol. The summed E-state index contributed by atoms with van der Waals surface area (Å²) in [7, 11) is 0. The van der Waals surface area contributed by atoms with Crippen molar-refractivity contribution in [2.75, 3.05) is 38.0 Å². The normalized spacial score (nSPS) is 14.5. The quantitative estimate of drug-likeness (QED) is 0.666. The van der Waals surface area contributed by atoms with Gasteiger partial charge in [-0.25, -0.2) is 0 Å². The largest absolute Gasteiger partial charge is 0.336 e. The van der Waals surface area contributed by atoms with Crippen molar-refractivity contribution in [1.82, 2.24) is 20.0 Å². The maximum atomic E-state index is 12.7. The zero-order valence-electron chi connectivity index (χ0n) is 17.7. The van der Waals surface area contributed by atoms with Gasteiger partial charge in [0.05, 0.1) is 6.54 Å². The van der Waals surface area contributed by atoms with Gasteiger partial charge in [-0.1, -0.05) is 53.3 Å². The maximum absolute atomic E-state index is 12.7. The molecule has 1 fully saturated rings. The summed E-state index contributed by atoms with van der Waals surface area (Å²) in [5.74, 6) is -0.0645. The standard InChI is InChI=1S/C23H25N5O2S/c1-16-6-5-8-18(14-16)21-25-26-23(31-21)24-20(29)15-27-10-12-28(13-11-27)22(30)19-9-4-3-7-17(19)2/h3-9,14H,10-13,15H2,1-2H3,(H,24,26,29). The highest BCUT2D eigenvalue weighted by molar-refractivity contribution is 7.18. The second-order valence-corrected chi connectivity index (χ2v) is 8.69. The summed E-state index contributed by atoms with van der Waals surface area (Å²) in [6.07, 6.45) is 0. The third-order valence-corrected chi connectivity index (χ3v) is 6.23. The van der Waals surface area contributed by atoms with E-state index in [-0.39, 0.29) is 18.4 Å². The van der Waals surface area contributed by atoms with Crippen molar-refractivity contribution >= 4 is 28.3 Å². The summed E-state index contributed by atoms with van der Waals surface area (Å²) < 4.78 is 0. The second kappa shape index (κ2) is 9.36. The van der Waals surface area contributed by atoms with Crippen molar-refractivity contribution in [2.45, 2.75) is 13.8 Å². The number of piperazine rings is 1. The van der Waals surface area contributed by atoms with Gasteiger partial charge in [-0.05, 0) is 31.5 Å². The Morgan fingerprint density at radius 2 is 1.77 bits per heavy atom. The van der Waals surface area contributed by atoms with E-state index in [0.29, 0.717) is 31.3 Å². The number of carbonyl (C=O) groups is 2. The van der Waals surface area contributed by atoms with Crippen LogP contribution in [-0.2, 0) is 4.79 Å². The molecular weight excluding hydrogens is 410 g/mol. The van der Waals surface area contributed by atoms with Crippen LogP contribution in [0.4, 0.5) is 5.13 Å². The summed E-state index contributed by atoms with van der Waals surface area (Å²) in [6, 6.07) is 15.7. The van der Waals surface area contributed by atoms with Crippen LogP contribution in [-0.4, -0.2) is 64.5 Å². The average molecular weight is 436 g/mol. The highest BCUT2D eigenvalue weighted by atomic mass is 32.1. The van der Waals surface area contributed by atoms with Gasteiger partial charge in [-0.2, -0.15) is 0 Å². The number of benzene rings is 2. The minimum absolute atomic E-state index is 0.0553. The Balaban J connectivity index is 1.28. The van der Waals surface area contributed by atoms with Crippen LogP contribution >= 0.6 is 11.3 Å². The predicted octanol–water partition coefficient (Wildman–Crippen LogP) is 3.22. The van der Waals surface area contributed by atoms with Crippen LogP contribution in [0.3, 0.4) is 0 Å². The molecule has 2 amide bonds. The number of amides is 2. The van der Waals surface area contributed by atoms with Crippen molar-refractivity contribution in [2.24, 2.45) is 0 Å². The summed E-state index contributed by atoms with van der Waals surface area (Å²) in [5, 5.41) is 12.4. The van der Waals surface area contributed by atoms with Crippen LogP contribution in [0.1, 0.15) is 21.5 Å². The van der Waals surface area contributed by atoms with Crippen LogP contribution in [0.5, 0.6) is 0 Å². The van der Waals surface area contributed by atoms with Gasteiger partial charge in [0, 0.05) is 37.3 Å². The lowest BCUT2D eigenvalue weighted by Crippen LogP contribution is -2.50. The van der Waals surface area contributed by atoms with Crippen LogP contribution < -0.4 is 5.32 Å². The molecule has 3 aromatic rings. The fraction of sp³-hybridized carbons (Fsp3) is 0.304. The maximum Gasteiger partial charge on any atom is 0.254 e. The molecule has 2 aromatic carbocycles. The van der Waals surface area contributed by atoms with Crippen LogP contribution in [0, 0.1) is 13.8 Å². The van der Waals surface area contributed by atoms with Gasteiger partial charge >= 0.3 is 0 Å². The molecule has 31 heavy (non-hydrogen) atoms. The van der Waals surface area contributed by atoms with Gasteiger partial charge in [-0.15, -0.1) is 10.2 Å². The second-order valence-electron chi connectivity index (χ2n) is 7.71. The molecule has 0 spiro atoms. The first kappa shape index (κ1) is 21.1. The number of carbonyl (C=O) groups excluding carboxylic acids is 2. The zero-order chi connectivity index (χ0) is 21.8. The van der Waals surface area contributed by atoms with Crippen molar-refractivity contribution < 1.29 is 9.59 Å². The minimum atomic E-state index is -0.120. The Kier molecular flexibility index (Phi) is 6.39. The van der Waals surface area contributed by atoms with Crippen molar-refractivity contribution in [3.8, 4) is 10.6 Å². The van der Waals surface area contributed by atoms with Crippen molar-refractivity contribution in [1.29, 1.82) is 0 Å². The Bertz CT molecular complexity index is 1090. The molecule has 0 saturated carbocycles. The van der Waals surface area contributed by atoms with Gasteiger partial charge in [0.15, 0.2) is 0 Å². The molecule has 2 heterocycles. The zero-order valence-corrected chi connectivity index (χ0v) is 18.5. The smallest absolute Gasteiger partial charge is 0.254 e. The molecule has 7 nitrogen and oxygen atoms in total. The third-order valence-electron chi connectivity index (χ3n) is 5.34. The molecule has 160 valence electrons. The highest BCUT2D eigenvalue weighted by Crippen LogP contribution is 2.26. The molecule has 0 bridgehead atoms. The lowest BCUT2D eigenvalue weighted by molar-refractivity contribution is -0.117. The van der Waals surface area contributed by atoms with Crippen LogP contribution in [0.25, 0.3) is 10.6 Å². The Labute approximate surface area is 185 Å². The van der Waals surface area contributed by atoms with E-state index in [2.05, 4.69) is 20.4 Å². The van der Waals surface area contributed by atoms with Crippen molar-refractivity contribution in [3.05, 3.63) is 65.2 Å². The summed E-state index contributed by atoms with van der Waals surface area (Å²) in [5.41, 5.74) is 3.87. The number of hydrogen-bond acceptors (Lipinski definition) is 6. The van der Waals surface area contributed by atoms with Gasteiger partial charge in [0.2, 0.25) is 11.0 Å². The molecule has 1 saturated heterocycles. The number of rotatable bonds is 5. The number of nitrogens with zero attached hydrogens (tertiary/aromatic N) is 4. The number of aryl methyl sites for hydroxylation is 2. The van der Waals surface area contributed by atoms with Crippen LogP contribution in [0.2, 0.25) is 0 Å². The minimum Gasteiger partial charge on any atom is -0.336 e. The molecule has 0 unspecified atom stereocenters. The van der Waals surface area contributed by atoms with E-state index in [9.17, 15) is 9.59 Å². The Morgan fingerprint density at radius 1 is 1.00 bits per heavy atom. The molecule has 1 aliphatic heterocycles. The number of anilines is 1. The van der Waals surface area contributed by atoms with E-state index in [4.69, 9.17) is 0 Å².